The first-order chi connectivity index (χ1) is 9.80. The fourth-order valence-corrected chi connectivity index (χ4v) is 3.20. The van der Waals surface area contributed by atoms with Gasteiger partial charge in [0.1, 0.15) is 6.23 Å². The number of benzene rings is 1. The van der Waals surface area contributed by atoms with Gasteiger partial charge in [0.05, 0.1) is 6.61 Å². The Morgan fingerprint density at radius 2 is 1.81 bits per heavy atom. The lowest BCUT2D eigenvalue weighted by molar-refractivity contribution is -0.132. The van der Waals surface area contributed by atoms with E-state index in [1.807, 2.05) is 51.1 Å². The number of hydrogen-bond acceptors (Lipinski definition) is 3. The Kier molecular flexibility index (Phi) is 2.89. The van der Waals surface area contributed by atoms with Crippen LogP contribution in [0.5, 0.6) is 0 Å². The molecule has 2 fully saturated rings. The Morgan fingerprint density at radius 3 is 2.38 bits per heavy atom. The lowest BCUT2D eigenvalue weighted by Gasteiger charge is -2.35. The highest BCUT2D eigenvalue weighted by Gasteiger charge is 2.65. The van der Waals surface area contributed by atoms with Crippen molar-refractivity contribution in [2.45, 2.75) is 32.5 Å². The van der Waals surface area contributed by atoms with Gasteiger partial charge in [0.15, 0.2) is 5.54 Å². The van der Waals surface area contributed by atoms with Crippen LogP contribution in [-0.4, -0.2) is 41.6 Å². The average Bonchev–Trinajstić information content (AvgIpc) is 2.93. The van der Waals surface area contributed by atoms with Gasteiger partial charge < -0.3 is 4.74 Å². The van der Waals surface area contributed by atoms with Crippen LogP contribution >= 0.6 is 0 Å². The van der Waals surface area contributed by atoms with Crippen molar-refractivity contribution in [1.29, 1.82) is 0 Å². The Hall–Kier alpha value is -1.88. The average molecular weight is 288 g/mol. The van der Waals surface area contributed by atoms with Crippen LogP contribution in [0.3, 0.4) is 0 Å². The summed E-state index contributed by atoms with van der Waals surface area (Å²) in [5, 5.41) is 0. The second-order valence-corrected chi connectivity index (χ2v) is 6.77. The minimum atomic E-state index is -1.02. The van der Waals surface area contributed by atoms with Crippen LogP contribution in [0.15, 0.2) is 30.3 Å². The third kappa shape index (κ3) is 1.73. The maximum atomic E-state index is 12.8. The Bertz CT molecular complexity index is 593. The SMILES string of the molecule is CN1C(=O)N2C(C(C)(C)C)OCC2(c2ccccc2)C1=O. The van der Waals surface area contributed by atoms with Crippen LogP contribution in [0.2, 0.25) is 0 Å². The van der Waals surface area contributed by atoms with E-state index in [9.17, 15) is 9.59 Å². The maximum Gasteiger partial charge on any atom is 0.329 e. The number of fused-ring (bicyclic) bond motifs is 1. The molecule has 2 saturated heterocycles. The second-order valence-electron chi connectivity index (χ2n) is 6.77. The minimum absolute atomic E-state index is 0.202. The third-order valence-electron chi connectivity index (χ3n) is 4.24. The quantitative estimate of drug-likeness (QED) is 0.744. The van der Waals surface area contributed by atoms with E-state index >= 15 is 0 Å². The Balaban J connectivity index is 2.17. The number of hydrogen-bond donors (Lipinski definition) is 0. The normalized spacial score (nSPS) is 29.2. The molecule has 0 radical (unpaired) electrons. The van der Waals surface area contributed by atoms with E-state index in [-0.39, 0.29) is 24.0 Å². The molecule has 0 aromatic heterocycles. The molecular weight excluding hydrogens is 268 g/mol. The second kappa shape index (κ2) is 4.31. The van der Waals surface area contributed by atoms with Gasteiger partial charge in [0.2, 0.25) is 0 Å². The molecule has 0 bridgehead atoms. The van der Waals surface area contributed by atoms with Crippen molar-refractivity contribution in [3.63, 3.8) is 0 Å². The van der Waals surface area contributed by atoms with Crippen molar-refractivity contribution in [3.05, 3.63) is 35.9 Å². The fourth-order valence-electron chi connectivity index (χ4n) is 3.20. The molecule has 0 N–H and O–H groups in total. The summed E-state index contributed by atoms with van der Waals surface area (Å²) < 4.78 is 5.89. The van der Waals surface area contributed by atoms with E-state index in [4.69, 9.17) is 4.74 Å². The number of rotatable bonds is 1. The summed E-state index contributed by atoms with van der Waals surface area (Å²) in [6.45, 7) is 6.23. The molecule has 0 aliphatic carbocycles. The van der Waals surface area contributed by atoms with Crippen LogP contribution in [0.25, 0.3) is 0 Å². The van der Waals surface area contributed by atoms with E-state index in [2.05, 4.69) is 0 Å². The molecule has 2 unspecified atom stereocenters. The van der Waals surface area contributed by atoms with Crippen LogP contribution in [0.4, 0.5) is 4.79 Å². The Labute approximate surface area is 124 Å². The van der Waals surface area contributed by atoms with Gasteiger partial charge in [-0.15, -0.1) is 0 Å². The summed E-state index contributed by atoms with van der Waals surface area (Å²) in [5.74, 6) is -0.217. The topological polar surface area (TPSA) is 49.9 Å². The molecular formula is C16H20N2O3. The molecule has 1 aromatic carbocycles. The van der Waals surface area contributed by atoms with Crippen molar-refractivity contribution in [2.75, 3.05) is 13.7 Å². The molecule has 1 aromatic rings. The van der Waals surface area contributed by atoms with Crippen molar-refractivity contribution in [1.82, 2.24) is 9.80 Å². The number of likely N-dealkylation sites (N-methyl/N-ethyl adjacent to an activating group) is 1. The van der Waals surface area contributed by atoms with Gasteiger partial charge in [0.25, 0.3) is 5.91 Å². The van der Waals surface area contributed by atoms with Crippen molar-refractivity contribution in [2.24, 2.45) is 5.41 Å². The van der Waals surface area contributed by atoms with Crippen molar-refractivity contribution < 1.29 is 14.3 Å². The zero-order valence-electron chi connectivity index (χ0n) is 12.8. The minimum Gasteiger partial charge on any atom is -0.354 e. The monoisotopic (exact) mass is 288 g/mol. The van der Waals surface area contributed by atoms with E-state index < -0.39 is 11.8 Å². The number of nitrogens with zero attached hydrogens (tertiary/aromatic N) is 2. The summed E-state index contributed by atoms with van der Waals surface area (Å²) >= 11 is 0. The van der Waals surface area contributed by atoms with Gasteiger partial charge in [0, 0.05) is 12.5 Å². The number of amides is 3. The molecule has 3 amide bonds. The summed E-state index contributed by atoms with van der Waals surface area (Å²) in [7, 11) is 1.54. The summed E-state index contributed by atoms with van der Waals surface area (Å²) in [5.41, 5.74) is -0.484. The fraction of sp³-hybridized carbons (Fsp3) is 0.500. The van der Waals surface area contributed by atoms with E-state index in [0.29, 0.717) is 0 Å². The molecule has 3 rings (SSSR count). The molecule has 0 spiro atoms. The Morgan fingerprint density at radius 1 is 1.19 bits per heavy atom. The van der Waals surface area contributed by atoms with Crippen molar-refractivity contribution in [3.8, 4) is 0 Å². The number of ether oxygens (including phenoxy) is 1. The van der Waals surface area contributed by atoms with Gasteiger partial charge in [-0.1, -0.05) is 51.1 Å². The third-order valence-corrected chi connectivity index (χ3v) is 4.24. The first-order valence-electron chi connectivity index (χ1n) is 7.09. The zero-order chi connectivity index (χ0) is 15.4. The lowest BCUT2D eigenvalue weighted by Crippen LogP contribution is -2.50. The predicted octanol–water partition coefficient (Wildman–Crippen LogP) is 2.18. The summed E-state index contributed by atoms with van der Waals surface area (Å²) in [6, 6.07) is 9.12. The van der Waals surface area contributed by atoms with E-state index in [0.717, 1.165) is 5.56 Å². The van der Waals surface area contributed by atoms with Crippen molar-refractivity contribution >= 4 is 11.9 Å². The number of imide groups is 1. The molecule has 2 heterocycles. The van der Waals surface area contributed by atoms with Gasteiger partial charge in [-0.25, -0.2) is 4.79 Å². The van der Waals surface area contributed by atoms with Gasteiger partial charge >= 0.3 is 6.03 Å². The first kappa shape index (κ1) is 14.1. The summed E-state index contributed by atoms with van der Waals surface area (Å²) in [6.07, 6.45) is -0.417. The lowest BCUT2D eigenvalue weighted by atomic mass is 9.87. The molecule has 2 aliphatic heterocycles. The summed E-state index contributed by atoms with van der Waals surface area (Å²) in [4.78, 5) is 28.2. The molecule has 0 saturated carbocycles. The smallest absolute Gasteiger partial charge is 0.329 e. The molecule has 112 valence electrons. The highest BCUT2D eigenvalue weighted by atomic mass is 16.5. The zero-order valence-corrected chi connectivity index (χ0v) is 12.8. The van der Waals surface area contributed by atoms with Crippen LogP contribution < -0.4 is 0 Å². The highest BCUT2D eigenvalue weighted by molar-refractivity contribution is 6.07. The standard InChI is InChI=1S/C16H20N2O3/c1-15(2,3)13-18-14(20)17(4)12(19)16(18,10-21-13)11-8-6-5-7-9-11/h5-9,13H,10H2,1-4H3. The van der Waals surface area contributed by atoms with Gasteiger partial charge in [-0.05, 0) is 5.56 Å². The molecule has 2 atom stereocenters. The van der Waals surface area contributed by atoms with Gasteiger partial charge in [-0.2, -0.15) is 0 Å². The number of urea groups is 1. The number of carbonyl (C=O) groups excluding carboxylic acids is 2. The first-order valence-corrected chi connectivity index (χ1v) is 7.09. The van der Waals surface area contributed by atoms with E-state index in [1.165, 1.54) is 11.9 Å². The maximum absolute atomic E-state index is 12.8. The van der Waals surface area contributed by atoms with Crippen LogP contribution in [-0.2, 0) is 15.1 Å². The van der Waals surface area contributed by atoms with E-state index in [1.54, 1.807) is 4.90 Å². The molecule has 5 nitrogen and oxygen atoms in total. The molecule has 5 heteroatoms. The number of carbonyl (C=O) groups is 2. The molecule has 2 aliphatic rings. The van der Waals surface area contributed by atoms with Gasteiger partial charge in [-0.3, -0.25) is 14.6 Å². The molecule has 21 heavy (non-hydrogen) atoms. The van der Waals surface area contributed by atoms with Crippen LogP contribution in [0.1, 0.15) is 26.3 Å². The highest BCUT2D eigenvalue weighted by Crippen LogP contribution is 2.47. The van der Waals surface area contributed by atoms with Crippen LogP contribution in [0, 0.1) is 5.41 Å². The predicted molar refractivity (Wildman–Crippen MR) is 77.3 cm³/mol. The largest absolute Gasteiger partial charge is 0.354 e.